The number of hydrogen-bond acceptors (Lipinski definition) is 11. The fourth-order valence-electron chi connectivity index (χ4n) is 7.75. The van der Waals surface area contributed by atoms with Crippen LogP contribution in [0, 0.1) is 5.92 Å². The summed E-state index contributed by atoms with van der Waals surface area (Å²) < 4.78 is 18.3. The molecular weight excluding hydrogens is 841 g/mol. The maximum Gasteiger partial charge on any atom is 0.407 e. The monoisotopic (exact) mass is 909 g/mol. The van der Waals surface area contributed by atoms with Crippen molar-refractivity contribution in [1.29, 1.82) is 0 Å². The summed E-state index contributed by atoms with van der Waals surface area (Å²) in [6.45, 7) is 8.25. The number of likely N-dealkylation sites (tertiary alicyclic amines) is 1. The molecule has 2 heterocycles. The van der Waals surface area contributed by atoms with Gasteiger partial charge in [-0.25, -0.2) is 4.79 Å². The van der Waals surface area contributed by atoms with Crippen LogP contribution in [-0.4, -0.2) is 139 Å². The topological polar surface area (TPSA) is 239 Å². The van der Waals surface area contributed by atoms with Gasteiger partial charge in [0.05, 0.1) is 32.8 Å². The fraction of sp³-hybridized carbons (Fsp3) is 0.587. The number of nitrogens with one attached hydrogen (secondary N) is 5. The van der Waals surface area contributed by atoms with E-state index in [2.05, 4.69) is 49.4 Å². The summed E-state index contributed by atoms with van der Waals surface area (Å²) in [4.78, 5) is 92.6. The number of nitrogens with zero attached hydrogens (tertiary/aromatic N) is 3. The average molecular weight is 909 g/mol. The van der Waals surface area contributed by atoms with E-state index in [9.17, 15) is 33.6 Å². The van der Waals surface area contributed by atoms with Crippen LogP contribution >= 0.6 is 0 Å². The van der Waals surface area contributed by atoms with Crippen LogP contribution in [0.5, 0.6) is 0 Å². The number of carboxylic acid groups (broad SMARTS) is 1. The van der Waals surface area contributed by atoms with Crippen molar-refractivity contribution in [3.63, 3.8) is 0 Å². The van der Waals surface area contributed by atoms with Crippen LogP contribution in [0.1, 0.15) is 88.2 Å². The number of carbonyl (C=O) groups is 7. The molecule has 1 aliphatic carbocycles. The third-order valence-corrected chi connectivity index (χ3v) is 11.3. The van der Waals surface area contributed by atoms with E-state index >= 15 is 0 Å². The van der Waals surface area contributed by atoms with Crippen molar-refractivity contribution in [2.24, 2.45) is 5.92 Å². The van der Waals surface area contributed by atoms with Gasteiger partial charge in [0.25, 0.3) is 0 Å². The molecule has 1 aromatic heterocycles. The number of alkyl carbamates (subject to hydrolysis) is 1. The number of aliphatic carboxylic acids is 1. The Morgan fingerprint density at radius 3 is 2.23 bits per heavy atom. The molecule has 2 aliphatic rings. The molecular formula is C46H68N8O11. The van der Waals surface area contributed by atoms with Gasteiger partial charge in [-0.1, -0.05) is 38.1 Å². The van der Waals surface area contributed by atoms with Crippen LogP contribution in [0.4, 0.5) is 10.5 Å². The van der Waals surface area contributed by atoms with E-state index in [-0.39, 0.29) is 82.6 Å². The van der Waals surface area contributed by atoms with Crippen LogP contribution in [0.2, 0.25) is 0 Å². The number of allylic oxidation sites excluding steroid dienone is 1. The van der Waals surface area contributed by atoms with E-state index in [0.29, 0.717) is 56.7 Å². The molecule has 358 valence electrons. The van der Waals surface area contributed by atoms with Gasteiger partial charge in [0, 0.05) is 82.2 Å². The molecule has 0 spiro atoms. The molecule has 0 unspecified atom stereocenters. The standard InChI is InChI=1S/C46H68N8O11/c1-31(2)43(45(61)49-32(3)44(60)50-35-12-10-33(11-13-35)30-65-46(62)48-5)51-39(55)14-15-41(57)54(23-25-64-27-26-63-24-19-42(58)59)36-16-20-52(21-17-36)40(56)18-22-53-37(29-47-4)28-34-8-6-7-9-38(34)53/h6,8,10-13,28,31-32,36,43,47H,7,9,14-27,29-30H2,1-5H3,(H,48,62)(H,49,61)(H,50,60)(H,51,55)(H,58,59)/t32-,43-/m0/s1. The van der Waals surface area contributed by atoms with Crippen LogP contribution in [0.3, 0.4) is 0 Å². The number of anilines is 1. The van der Waals surface area contributed by atoms with E-state index < -0.39 is 41.9 Å². The van der Waals surface area contributed by atoms with Crippen LogP contribution in [0.25, 0.3) is 6.08 Å². The van der Waals surface area contributed by atoms with E-state index in [1.807, 2.05) is 11.9 Å². The number of carbonyl (C=O) groups excluding carboxylic acids is 6. The fourth-order valence-corrected chi connectivity index (χ4v) is 7.75. The van der Waals surface area contributed by atoms with Gasteiger partial charge in [-0.05, 0) is 74.9 Å². The molecule has 1 saturated heterocycles. The highest BCUT2D eigenvalue weighted by Gasteiger charge is 2.31. The quantitative estimate of drug-likeness (QED) is 0.0748. The predicted molar refractivity (Wildman–Crippen MR) is 242 cm³/mol. The van der Waals surface area contributed by atoms with Gasteiger partial charge in [-0.15, -0.1) is 0 Å². The first-order chi connectivity index (χ1) is 31.2. The van der Waals surface area contributed by atoms with Crippen LogP contribution < -0.4 is 26.6 Å². The van der Waals surface area contributed by atoms with Crippen LogP contribution in [-0.2, 0) is 69.1 Å². The second-order valence-electron chi connectivity index (χ2n) is 16.5. The number of amides is 6. The number of carboxylic acids is 1. The van der Waals surface area contributed by atoms with E-state index in [1.165, 1.54) is 25.2 Å². The molecule has 19 nitrogen and oxygen atoms in total. The first-order valence-electron chi connectivity index (χ1n) is 22.5. The van der Waals surface area contributed by atoms with Gasteiger partial charge in [0.1, 0.15) is 18.7 Å². The number of rotatable bonds is 26. The van der Waals surface area contributed by atoms with Crippen molar-refractivity contribution in [2.75, 3.05) is 65.5 Å². The first kappa shape index (κ1) is 51.8. The molecule has 2 aromatic rings. The minimum absolute atomic E-state index is 0.0529. The molecule has 6 N–H and O–H groups in total. The smallest absolute Gasteiger partial charge is 0.407 e. The molecule has 1 fully saturated rings. The molecule has 1 aromatic carbocycles. The maximum atomic E-state index is 13.9. The zero-order valence-corrected chi connectivity index (χ0v) is 38.5. The summed E-state index contributed by atoms with van der Waals surface area (Å²) in [5.41, 5.74) is 4.80. The number of piperidine rings is 1. The Bertz CT molecular complexity index is 1940. The first-order valence-corrected chi connectivity index (χ1v) is 22.5. The Morgan fingerprint density at radius 2 is 1.57 bits per heavy atom. The molecule has 0 saturated carbocycles. The van der Waals surface area contributed by atoms with Crippen LogP contribution in [0.15, 0.2) is 36.4 Å². The van der Waals surface area contributed by atoms with Crippen molar-refractivity contribution in [3.05, 3.63) is 58.9 Å². The van der Waals surface area contributed by atoms with Gasteiger partial charge in [0.2, 0.25) is 29.5 Å². The van der Waals surface area contributed by atoms with E-state index in [4.69, 9.17) is 19.3 Å². The van der Waals surface area contributed by atoms with Gasteiger partial charge in [-0.3, -0.25) is 28.8 Å². The lowest BCUT2D eigenvalue weighted by molar-refractivity contribution is -0.139. The third-order valence-electron chi connectivity index (χ3n) is 11.3. The molecule has 0 bridgehead atoms. The van der Waals surface area contributed by atoms with Crippen molar-refractivity contribution in [2.45, 2.75) is 110 Å². The third kappa shape index (κ3) is 16.9. The molecule has 0 radical (unpaired) electrons. The minimum Gasteiger partial charge on any atom is -0.481 e. The largest absolute Gasteiger partial charge is 0.481 e. The van der Waals surface area contributed by atoms with E-state index in [1.54, 1.807) is 43.0 Å². The molecule has 2 atom stereocenters. The van der Waals surface area contributed by atoms with Gasteiger partial charge < -0.3 is 60.3 Å². The number of ether oxygens (including phenoxy) is 3. The number of hydrogen-bond donors (Lipinski definition) is 6. The Hall–Kier alpha value is -5.79. The highest BCUT2D eigenvalue weighted by atomic mass is 16.5. The Labute approximate surface area is 381 Å². The molecule has 1 aliphatic heterocycles. The van der Waals surface area contributed by atoms with Crippen molar-refractivity contribution >= 4 is 53.4 Å². The Morgan fingerprint density at radius 1 is 0.862 bits per heavy atom. The summed E-state index contributed by atoms with van der Waals surface area (Å²) in [7, 11) is 3.37. The van der Waals surface area contributed by atoms with Crippen molar-refractivity contribution < 1.29 is 52.9 Å². The Kier molecular flexibility index (Phi) is 21.4. The highest BCUT2D eigenvalue weighted by Crippen LogP contribution is 2.25. The second kappa shape index (κ2) is 26.9. The maximum absolute atomic E-state index is 13.9. The lowest BCUT2D eigenvalue weighted by Crippen LogP contribution is -2.54. The SMILES string of the molecule is CNCc1cc2c(n1CCC(=O)N1CCC(N(CCOCCOCCC(=O)O)C(=O)CCC(=O)N[C@H](C(=O)N[C@@H](C)C(=O)Nc3ccc(COC(=O)NC)cc3)C(C)C)CC1)CCC=C2. The van der Waals surface area contributed by atoms with E-state index in [0.717, 1.165) is 18.5 Å². The second-order valence-corrected chi connectivity index (χ2v) is 16.5. The van der Waals surface area contributed by atoms with Crippen molar-refractivity contribution in [1.82, 2.24) is 35.6 Å². The molecule has 6 amide bonds. The lowest BCUT2D eigenvalue weighted by atomic mass is 10.0. The Balaban J connectivity index is 1.29. The average Bonchev–Trinajstić information content (AvgIpc) is 3.64. The number of fused-ring (bicyclic) bond motifs is 1. The minimum atomic E-state index is -0.980. The predicted octanol–water partition coefficient (Wildman–Crippen LogP) is 2.80. The van der Waals surface area contributed by atoms with Gasteiger partial charge in [-0.2, -0.15) is 0 Å². The molecule has 19 heteroatoms. The summed E-state index contributed by atoms with van der Waals surface area (Å²) in [5.74, 6) is -3.04. The summed E-state index contributed by atoms with van der Waals surface area (Å²) in [6.07, 6.45) is 6.71. The summed E-state index contributed by atoms with van der Waals surface area (Å²) in [5, 5.41) is 22.6. The van der Waals surface area contributed by atoms with Gasteiger partial charge in [0.15, 0.2) is 0 Å². The molecule has 65 heavy (non-hydrogen) atoms. The zero-order chi connectivity index (χ0) is 47.3. The summed E-state index contributed by atoms with van der Waals surface area (Å²) in [6, 6.07) is 6.73. The van der Waals surface area contributed by atoms with Crippen molar-refractivity contribution in [3.8, 4) is 0 Å². The molecule has 4 rings (SSSR count). The number of aromatic nitrogens is 1. The zero-order valence-electron chi connectivity index (χ0n) is 38.5. The lowest BCUT2D eigenvalue weighted by Gasteiger charge is -2.39. The normalized spacial score (nSPS) is 14.5. The van der Waals surface area contributed by atoms with Gasteiger partial charge >= 0.3 is 12.1 Å². The highest BCUT2D eigenvalue weighted by molar-refractivity contribution is 5.98. The number of benzene rings is 1. The summed E-state index contributed by atoms with van der Waals surface area (Å²) >= 11 is 0.